The molecule has 0 fully saturated rings. The number of nitrogens with zero attached hydrogens (tertiary/aromatic N) is 2. The highest BCUT2D eigenvalue weighted by molar-refractivity contribution is 7.91. The Labute approximate surface area is 140 Å². The molecule has 0 unspecified atom stereocenters. The maximum absolute atomic E-state index is 12.4. The van der Waals surface area contributed by atoms with Gasteiger partial charge in [0.2, 0.25) is 11.8 Å². The quantitative estimate of drug-likeness (QED) is 0.414. The molecule has 0 saturated carbocycles. The molecule has 0 N–H and O–H groups in total. The predicted molar refractivity (Wildman–Crippen MR) is 65.0 cm³/mol. The molecular weight excluding hydrogens is 430 g/mol. The average Bonchev–Trinajstić information content (AvgIpc) is 2.33. The van der Waals surface area contributed by atoms with Crippen molar-refractivity contribution in [3.63, 3.8) is 0 Å². The summed E-state index contributed by atoms with van der Waals surface area (Å²) in [7, 11) is -13.8. The summed E-state index contributed by atoms with van der Waals surface area (Å²) >= 11 is 0. The molecule has 0 aliphatic rings. The summed E-state index contributed by atoms with van der Waals surface area (Å²) in [6.45, 7) is 0.00959. The zero-order valence-corrected chi connectivity index (χ0v) is 13.9. The molecule has 4 amide bonds. The maximum Gasteiger partial charge on any atom is 0.517 e. The van der Waals surface area contributed by atoms with Crippen molar-refractivity contribution in [3.05, 3.63) is 0 Å². The van der Waals surface area contributed by atoms with Crippen LogP contribution in [0.25, 0.3) is 0 Å². The average molecular weight is 436 g/mol. The lowest BCUT2D eigenvalue weighted by molar-refractivity contribution is -0.154. The first-order valence-electron chi connectivity index (χ1n) is 5.53. The van der Waals surface area contributed by atoms with Crippen LogP contribution in [0.1, 0.15) is 13.8 Å². The molecule has 0 aromatic heterocycles. The highest BCUT2D eigenvalue weighted by atomic mass is 32.2. The lowest BCUT2D eigenvalue weighted by atomic mass is 10.5. The number of alkyl halides is 6. The van der Waals surface area contributed by atoms with Gasteiger partial charge in [-0.1, -0.05) is 0 Å². The highest BCUT2D eigenvalue weighted by Gasteiger charge is 2.59. The van der Waals surface area contributed by atoms with Crippen molar-refractivity contribution in [1.29, 1.82) is 0 Å². The molecule has 0 spiro atoms. The zero-order chi connectivity index (χ0) is 21.5. The van der Waals surface area contributed by atoms with Crippen LogP contribution in [-0.4, -0.2) is 60.1 Å². The summed E-state index contributed by atoms with van der Waals surface area (Å²) < 4.78 is 115. The SMILES string of the molecule is CC(=O)N(C(=O)C(=O)N(C(C)=O)S(=O)(=O)C(F)(F)F)S(=O)(=O)C(F)(F)F. The monoisotopic (exact) mass is 436 g/mol. The van der Waals surface area contributed by atoms with Gasteiger partial charge >= 0.3 is 42.9 Å². The van der Waals surface area contributed by atoms with Gasteiger partial charge in [-0.3, -0.25) is 19.2 Å². The third-order valence-corrected chi connectivity index (χ3v) is 5.17. The van der Waals surface area contributed by atoms with E-state index in [4.69, 9.17) is 0 Å². The molecule has 10 nitrogen and oxygen atoms in total. The number of sulfonamides is 2. The van der Waals surface area contributed by atoms with E-state index in [0.29, 0.717) is 0 Å². The molecule has 0 rings (SSSR count). The van der Waals surface area contributed by atoms with Gasteiger partial charge < -0.3 is 0 Å². The Bertz CT molecular complexity index is 784. The maximum atomic E-state index is 12.4. The zero-order valence-electron chi connectivity index (χ0n) is 12.2. The van der Waals surface area contributed by atoms with Crippen molar-refractivity contribution < 1.29 is 62.4 Å². The van der Waals surface area contributed by atoms with Crippen LogP contribution in [0.2, 0.25) is 0 Å². The van der Waals surface area contributed by atoms with Crippen molar-refractivity contribution in [2.45, 2.75) is 24.9 Å². The van der Waals surface area contributed by atoms with Crippen LogP contribution in [0.15, 0.2) is 0 Å². The van der Waals surface area contributed by atoms with E-state index in [0.717, 1.165) is 0 Å². The number of amides is 4. The summed E-state index contributed by atoms with van der Waals surface area (Å²) in [5.74, 6) is -11.0. The van der Waals surface area contributed by atoms with Gasteiger partial charge in [0.25, 0.3) is 0 Å². The van der Waals surface area contributed by atoms with E-state index in [9.17, 15) is 62.4 Å². The molecule has 0 bridgehead atoms. The lowest BCUT2D eigenvalue weighted by Crippen LogP contribution is -2.56. The second-order valence-corrected chi connectivity index (χ2v) is 7.64. The van der Waals surface area contributed by atoms with E-state index < -0.39 is 63.3 Å². The number of carbonyl (C=O) groups excluding carboxylic acids is 4. The molecule has 0 aliphatic carbocycles. The van der Waals surface area contributed by atoms with Crippen molar-refractivity contribution in [3.8, 4) is 0 Å². The van der Waals surface area contributed by atoms with E-state index in [1.807, 2.05) is 0 Å². The molecule has 0 aromatic rings. The fraction of sp³-hybridized carbons (Fsp3) is 0.500. The van der Waals surface area contributed by atoms with Crippen LogP contribution in [0.3, 0.4) is 0 Å². The first-order valence-corrected chi connectivity index (χ1v) is 8.42. The van der Waals surface area contributed by atoms with Crippen LogP contribution in [-0.2, 0) is 39.2 Å². The normalized spacial score (nSPS) is 13.1. The van der Waals surface area contributed by atoms with Crippen LogP contribution in [0.4, 0.5) is 26.3 Å². The molecule has 26 heavy (non-hydrogen) atoms. The summed E-state index contributed by atoms with van der Waals surface area (Å²) in [6.07, 6.45) is 0. The predicted octanol–water partition coefficient (Wildman–Crippen LogP) is -0.564. The molecule has 0 atom stereocenters. The Morgan fingerprint density at radius 3 is 0.923 bits per heavy atom. The fourth-order valence-corrected chi connectivity index (χ4v) is 2.91. The van der Waals surface area contributed by atoms with Gasteiger partial charge in [0, 0.05) is 13.8 Å². The summed E-state index contributed by atoms with van der Waals surface area (Å²) in [6, 6.07) is 0. The first kappa shape index (κ1) is 23.8. The summed E-state index contributed by atoms with van der Waals surface area (Å²) in [5, 5.41) is 0. The third-order valence-electron chi connectivity index (χ3n) is 2.19. The first-order chi connectivity index (χ1) is 11.2. The number of imide groups is 2. The Hall–Kier alpha value is -2.24. The van der Waals surface area contributed by atoms with E-state index in [1.54, 1.807) is 0 Å². The topological polar surface area (TPSA) is 143 Å². The van der Waals surface area contributed by atoms with E-state index in [-0.39, 0.29) is 13.8 Å². The molecular formula is C8H6F6N2O8S2. The summed E-state index contributed by atoms with van der Waals surface area (Å²) in [5.41, 5.74) is -12.7. The van der Waals surface area contributed by atoms with E-state index >= 15 is 0 Å². The van der Waals surface area contributed by atoms with Crippen LogP contribution >= 0.6 is 0 Å². The number of halogens is 6. The van der Waals surface area contributed by atoms with Crippen LogP contribution in [0.5, 0.6) is 0 Å². The van der Waals surface area contributed by atoms with Gasteiger partial charge in [-0.05, 0) is 0 Å². The van der Waals surface area contributed by atoms with Crippen molar-refractivity contribution in [2.24, 2.45) is 0 Å². The van der Waals surface area contributed by atoms with Gasteiger partial charge in [-0.15, -0.1) is 0 Å². The smallest absolute Gasteiger partial charge is 0.274 e. The second kappa shape index (κ2) is 6.82. The number of hydrogen-bond donors (Lipinski definition) is 0. The third kappa shape index (κ3) is 4.11. The summed E-state index contributed by atoms with van der Waals surface area (Å²) in [4.78, 5) is 45.1. The van der Waals surface area contributed by atoms with Crippen molar-refractivity contribution >= 4 is 43.7 Å². The van der Waals surface area contributed by atoms with E-state index in [1.165, 1.54) is 0 Å². The minimum absolute atomic E-state index is 0.00480. The van der Waals surface area contributed by atoms with Gasteiger partial charge in [0.05, 0.1) is 0 Å². The largest absolute Gasteiger partial charge is 0.517 e. The van der Waals surface area contributed by atoms with Crippen molar-refractivity contribution in [2.75, 3.05) is 0 Å². The van der Waals surface area contributed by atoms with Gasteiger partial charge in [-0.25, -0.2) is 0 Å². The van der Waals surface area contributed by atoms with Gasteiger partial charge in [0.1, 0.15) is 0 Å². The Morgan fingerprint density at radius 2 is 0.808 bits per heavy atom. The van der Waals surface area contributed by atoms with Gasteiger partial charge in [0.15, 0.2) is 0 Å². The number of rotatable bonds is 2. The molecule has 0 aromatic carbocycles. The number of hydrogen-bond acceptors (Lipinski definition) is 8. The second-order valence-electron chi connectivity index (χ2n) is 4.08. The Kier molecular flexibility index (Phi) is 6.23. The van der Waals surface area contributed by atoms with Gasteiger partial charge in [-0.2, -0.15) is 51.8 Å². The Morgan fingerprint density at radius 1 is 0.615 bits per heavy atom. The van der Waals surface area contributed by atoms with Crippen molar-refractivity contribution in [1.82, 2.24) is 8.61 Å². The van der Waals surface area contributed by atoms with Crippen LogP contribution < -0.4 is 0 Å². The molecule has 18 heteroatoms. The standard InChI is InChI=1S/C8H6F6N2O8S2/c1-3(17)15(25(21,22)7(9,10)11)5(19)6(20)16(4(2)18)26(23,24)8(12,13)14/h1-2H3. The lowest BCUT2D eigenvalue weighted by Gasteiger charge is -2.23. The molecule has 0 radical (unpaired) electrons. The van der Waals surface area contributed by atoms with E-state index in [2.05, 4.69) is 0 Å². The van der Waals surface area contributed by atoms with Crippen LogP contribution in [0, 0.1) is 0 Å². The molecule has 0 heterocycles. The molecule has 0 aliphatic heterocycles. The fourth-order valence-electron chi connectivity index (χ4n) is 1.22. The minimum atomic E-state index is -6.92. The Balaban J connectivity index is 6.47. The number of carbonyl (C=O) groups is 4. The highest BCUT2D eigenvalue weighted by Crippen LogP contribution is 2.30. The molecule has 150 valence electrons. The minimum Gasteiger partial charge on any atom is -0.274 e. The molecule has 0 saturated heterocycles.